The highest BCUT2D eigenvalue weighted by molar-refractivity contribution is 5.97. The number of aliphatic hydroxyl groups excluding tert-OH is 1. The summed E-state index contributed by atoms with van der Waals surface area (Å²) in [4.78, 5) is 85.3. The van der Waals surface area contributed by atoms with Crippen LogP contribution in [-0.4, -0.2) is 93.6 Å². The van der Waals surface area contributed by atoms with E-state index in [2.05, 4.69) is 21.3 Å². The number of primary amides is 1. The first kappa shape index (κ1) is 35.5. The third-order valence-electron chi connectivity index (χ3n) is 5.82. The van der Waals surface area contributed by atoms with Crippen LogP contribution in [0.4, 0.5) is 0 Å². The molecule has 1 aromatic carbocycles. The lowest BCUT2D eigenvalue weighted by molar-refractivity contribution is -0.143. The van der Waals surface area contributed by atoms with Crippen LogP contribution in [-0.2, 0) is 40.0 Å². The van der Waals surface area contributed by atoms with Crippen LogP contribution in [0, 0.1) is 5.92 Å². The molecule has 1 aromatic rings. The average Bonchev–Trinajstić information content (AvgIpc) is 2.89. The van der Waals surface area contributed by atoms with E-state index < -0.39 is 91.1 Å². The smallest absolute Gasteiger partial charge is 0.326 e. The molecule has 0 bridgehead atoms. The van der Waals surface area contributed by atoms with E-state index in [0.717, 1.165) is 0 Å². The van der Waals surface area contributed by atoms with Gasteiger partial charge in [0.2, 0.25) is 29.5 Å². The molecule has 11 N–H and O–H groups in total. The zero-order valence-corrected chi connectivity index (χ0v) is 23.2. The second kappa shape index (κ2) is 17.3. The molecule has 0 aromatic heterocycles. The van der Waals surface area contributed by atoms with Crippen LogP contribution >= 0.6 is 0 Å². The molecular formula is C26H38N6O10. The predicted octanol–water partition coefficient (Wildman–Crippen LogP) is -3.03. The van der Waals surface area contributed by atoms with Crippen LogP contribution < -0.4 is 32.7 Å². The molecule has 16 nitrogen and oxygen atoms in total. The van der Waals surface area contributed by atoms with Gasteiger partial charge in [-0.25, -0.2) is 4.79 Å². The number of benzene rings is 1. The van der Waals surface area contributed by atoms with Gasteiger partial charge in [-0.1, -0.05) is 44.2 Å². The summed E-state index contributed by atoms with van der Waals surface area (Å²) in [7, 11) is 0. The molecule has 0 unspecified atom stereocenters. The van der Waals surface area contributed by atoms with E-state index in [0.29, 0.717) is 5.56 Å². The predicted molar refractivity (Wildman–Crippen MR) is 146 cm³/mol. The quantitative estimate of drug-likeness (QED) is 0.0824. The van der Waals surface area contributed by atoms with Crippen LogP contribution in [0.15, 0.2) is 30.3 Å². The van der Waals surface area contributed by atoms with Crippen molar-refractivity contribution in [3.63, 3.8) is 0 Å². The topological polar surface area (TPSA) is 280 Å². The third kappa shape index (κ3) is 12.7. The minimum atomic E-state index is -1.71. The van der Waals surface area contributed by atoms with E-state index in [1.165, 1.54) is 0 Å². The number of carbonyl (C=O) groups is 7. The number of nitrogens with two attached hydrogens (primary N) is 2. The molecule has 0 fully saturated rings. The summed E-state index contributed by atoms with van der Waals surface area (Å²) in [6.45, 7) is 2.52. The number of carboxylic acids is 2. The van der Waals surface area contributed by atoms with Gasteiger partial charge in [0, 0.05) is 6.42 Å². The van der Waals surface area contributed by atoms with Crippen molar-refractivity contribution in [1.29, 1.82) is 0 Å². The minimum absolute atomic E-state index is 0.00196. The highest BCUT2D eigenvalue weighted by Crippen LogP contribution is 2.08. The molecule has 0 aliphatic heterocycles. The molecule has 0 spiro atoms. The molecular weight excluding hydrogens is 556 g/mol. The van der Waals surface area contributed by atoms with E-state index in [1.807, 2.05) is 0 Å². The molecule has 16 heteroatoms. The van der Waals surface area contributed by atoms with Crippen molar-refractivity contribution in [2.24, 2.45) is 17.4 Å². The number of nitrogens with one attached hydrogen (secondary N) is 4. The maximum atomic E-state index is 13.1. The van der Waals surface area contributed by atoms with Gasteiger partial charge in [-0.05, 0) is 17.9 Å². The number of aliphatic carboxylic acids is 2. The van der Waals surface area contributed by atoms with E-state index >= 15 is 0 Å². The van der Waals surface area contributed by atoms with Crippen LogP contribution in [0.5, 0.6) is 0 Å². The number of carbonyl (C=O) groups excluding carboxylic acids is 5. The summed E-state index contributed by atoms with van der Waals surface area (Å²) < 4.78 is 0. The van der Waals surface area contributed by atoms with E-state index in [4.69, 9.17) is 11.5 Å². The fraction of sp³-hybridized carbons (Fsp3) is 0.500. The van der Waals surface area contributed by atoms with Gasteiger partial charge in [0.05, 0.1) is 25.5 Å². The normalized spacial score (nSPS) is 14.4. The fourth-order valence-electron chi connectivity index (χ4n) is 3.74. The molecule has 0 radical (unpaired) electrons. The van der Waals surface area contributed by atoms with Crippen LogP contribution in [0.2, 0.25) is 0 Å². The van der Waals surface area contributed by atoms with Crippen LogP contribution in [0.3, 0.4) is 0 Å². The van der Waals surface area contributed by atoms with Crippen molar-refractivity contribution in [2.75, 3.05) is 6.61 Å². The SMILES string of the molecule is CC(C)C[C@H](NC(=O)[C@H](CO)NC(=O)[C@@H](N)CC(N)=O)C(=O)N[C@@H](CC(=O)O)C(=O)N[C@@H](Cc1ccccc1)C(=O)O. The van der Waals surface area contributed by atoms with Crippen molar-refractivity contribution in [2.45, 2.75) is 69.7 Å². The Kier molecular flexibility index (Phi) is 14.6. The molecule has 0 heterocycles. The van der Waals surface area contributed by atoms with Gasteiger partial charge in [0.1, 0.15) is 24.2 Å². The second-order valence-electron chi connectivity index (χ2n) is 9.96. The molecule has 5 atom stereocenters. The van der Waals surface area contributed by atoms with Gasteiger partial charge < -0.3 is 48.1 Å². The Morgan fingerprint density at radius 2 is 1.24 bits per heavy atom. The molecule has 1 rings (SSSR count). The lowest BCUT2D eigenvalue weighted by Gasteiger charge is -2.26. The lowest BCUT2D eigenvalue weighted by atomic mass is 10.0. The number of hydrogen-bond donors (Lipinski definition) is 9. The number of hydrogen-bond acceptors (Lipinski definition) is 9. The maximum absolute atomic E-state index is 13.1. The van der Waals surface area contributed by atoms with Gasteiger partial charge in [-0.3, -0.25) is 28.8 Å². The zero-order valence-electron chi connectivity index (χ0n) is 23.2. The van der Waals surface area contributed by atoms with Crippen molar-refractivity contribution >= 4 is 41.5 Å². The van der Waals surface area contributed by atoms with E-state index in [9.17, 15) is 48.9 Å². The van der Waals surface area contributed by atoms with Crippen molar-refractivity contribution in [1.82, 2.24) is 21.3 Å². The molecule has 232 valence electrons. The van der Waals surface area contributed by atoms with Crippen molar-refractivity contribution in [3.8, 4) is 0 Å². The number of amides is 5. The van der Waals surface area contributed by atoms with Crippen LogP contribution in [0.25, 0.3) is 0 Å². The molecule has 5 amide bonds. The fourth-order valence-corrected chi connectivity index (χ4v) is 3.74. The van der Waals surface area contributed by atoms with Gasteiger partial charge in [-0.15, -0.1) is 0 Å². The first-order valence-corrected chi connectivity index (χ1v) is 13.0. The Bertz CT molecular complexity index is 1130. The summed E-state index contributed by atoms with van der Waals surface area (Å²) in [6.07, 6.45) is -1.53. The highest BCUT2D eigenvalue weighted by atomic mass is 16.4. The first-order chi connectivity index (χ1) is 19.6. The molecule has 0 aliphatic rings. The largest absolute Gasteiger partial charge is 0.481 e. The van der Waals surface area contributed by atoms with Crippen LogP contribution in [0.1, 0.15) is 38.7 Å². The average molecular weight is 595 g/mol. The summed E-state index contributed by atoms with van der Waals surface area (Å²) in [5, 5.41) is 37.5. The molecule has 0 aliphatic carbocycles. The van der Waals surface area contributed by atoms with Gasteiger partial charge in [-0.2, -0.15) is 0 Å². The molecule has 0 saturated heterocycles. The summed E-state index contributed by atoms with van der Waals surface area (Å²) in [6, 6.07) is 0.885. The van der Waals surface area contributed by atoms with Gasteiger partial charge in [0.25, 0.3) is 0 Å². The minimum Gasteiger partial charge on any atom is -0.481 e. The monoisotopic (exact) mass is 594 g/mol. The Hall–Kier alpha value is -4.57. The summed E-state index contributed by atoms with van der Waals surface area (Å²) in [5.41, 5.74) is 11.1. The molecule has 0 saturated carbocycles. The Morgan fingerprint density at radius 1 is 0.738 bits per heavy atom. The van der Waals surface area contributed by atoms with Crippen molar-refractivity contribution < 1.29 is 48.9 Å². The maximum Gasteiger partial charge on any atom is 0.326 e. The number of rotatable bonds is 18. The van der Waals surface area contributed by atoms with Gasteiger partial charge in [0.15, 0.2) is 0 Å². The van der Waals surface area contributed by atoms with Crippen molar-refractivity contribution in [3.05, 3.63) is 35.9 Å². The Morgan fingerprint density at radius 3 is 1.74 bits per heavy atom. The molecule has 42 heavy (non-hydrogen) atoms. The summed E-state index contributed by atoms with van der Waals surface area (Å²) >= 11 is 0. The van der Waals surface area contributed by atoms with Gasteiger partial charge >= 0.3 is 11.9 Å². The third-order valence-corrected chi connectivity index (χ3v) is 5.82. The number of carboxylic acid groups (broad SMARTS) is 2. The lowest BCUT2D eigenvalue weighted by Crippen LogP contribution is -2.59. The van der Waals surface area contributed by atoms with E-state index in [-0.39, 0.29) is 18.8 Å². The van der Waals surface area contributed by atoms with E-state index in [1.54, 1.807) is 44.2 Å². The Labute approximate surface area is 241 Å². The summed E-state index contributed by atoms with van der Waals surface area (Å²) in [5.74, 6) is -7.95. The standard InChI is InChI=1S/C26H38N6O10/c1-13(2)8-16(29-25(40)19(12-33)32-22(37)15(27)10-20(28)34)23(38)30-17(11-21(35)36)24(39)31-18(26(41)42)9-14-6-4-3-5-7-14/h3-7,13,15-19,33H,8-12,27H2,1-2H3,(H2,28,34)(H,29,40)(H,30,38)(H,31,39)(H,32,37)(H,35,36)(H,41,42)/t15-,16-,17-,18-,19-/m0/s1. The first-order valence-electron chi connectivity index (χ1n) is 13.0. The second-order valence-corrected chi connectivity index (χ2v) is 9.96. The highest BCUT2D eigenvalue weighted by Gasteiger charge is 2.33. The Balaban J connectivity index is 3.05. The zero-order chi connectivity index (χ0) is 32.0. The number of aliphatic hydroxyl groups is 1.